The van der Waals surface area contributed by atoms with Crippen LogP contribution < -0.4 is 10.6 Å². The first-order valence-corrected chi connectivity index (χ1v) is 12.0. The quantitative estimate of drug-likeness (QED) is 0.430. The zero-order chi connectivity index (χ0) is 26.9. The van der Waals surface area contributed by atoms with Gasteiger partial charge in [0.15, 0.2) is 0 Å². The van der Waals surface area contributed by atoms with Crippen molar-refractivity contribution in [2.45, 2.75) is 64.8 Å². The molecule has 8 heteroatoms. The number of phenols is 1. The lowest BCUT2D eigenvalue weighted by Gasteiger charge is -2.34. The van der Waals surface area contributed by atoms with Gasteiger partial charge in [0.25, 0.3) is 0 Å². The average molecular weight is 496 g/mol. The minimum absolute atomic E-state index is 0.0754. The molecule has 0 fully saturated rings. The molecule has 0 heterocycles. The third kappa shape index (κ3) is 8.76. The van der Waals surface area contributed by atoms with Crippen molar-refractivity contribution in [3.8, 4) is 5.75 Å². The van der Waals surface area contributed by atoms with Gasteiger partial charge in [-0.2, -0.15) is 0 Å². The van der Waals surface area contributed by atoms with E-state index in [2.05, 4.69) is 17.2 Å². The van der Waals surface area contributed by atoms with E-state index in [1.807, 2.05) is 19.9 Å². The fraction of sp³-hybridized carbons (Fsp3) is 0.393. The summed E-state index contributed by atoms with van der Waals surface area (Å²) in [6.45, 7) is 12.7. The standard InChI is InChI=1S/C28H37N3O5/c1-7-17-31(24(25(33)29-19(2)3)21-11-9-8-10-12-21)26(34)23(30-27(35)36-28(4,5)6)18-20-13-15-22(32)16-14-20/h7-16,19,23-24,32H,1,17-18H2,2-6H3,(H,29,33)(H,30,35). The Morgan fingerprint density at radius 2 is 1.64 bits per heavy atom. The van der Waals surface area contributed by atoms with Crippen LogP contribution in [0.4, 0.5) is 4.79 Å². The summed E-state index contributed by atoms with van der Waals surface area (Å²) in [5, 5.41) is 15.2. The molecule has 0 bridgehead atoms. The number of rotatable bonds is 10. The molecular weight excluding hydrogens is 458 g/mol. The molecule has 8 nitrogen and oxygen atoms in total. The van der Waals surface area contributed by atoms with E-state index in [-0.39, 0.29) is 30.7 Å². The summed E-state index contributed by atoms with van der Waals surface area (Å²) in [6.07, 6.45) is 0.919. The van der Waals surface area contributed by atoms with Crippen LogP contribution in [-0.4, -0.2) is 52.1 Å². The summed E-state index contributed by atoms with van der Waals surface area (Å²) in [5.41, 5.74) is 0.580. The van der Waals surface area contributed by atoms with E-state index < -0.39 is 29.7 Å². The van der Waals surface area contributed by atoms with Crippen LogP contribution in [-0.2, 0) is 20.7 Å². The molecule has 0 saturated heterocycles. The van der Waals surface area contributed by atoms with Crippen molar-refractivity contribution >= 4 is 17.9 Å². The van der Waals surface area contributed by atoms with Gasteiger partial charge in [0.1, 0.15) is 23.4 Å². The number of aromatic hydroxyl groups is 1. The Morgan fingerprint density at radius 1 is 1.03 bits per heavy atom. The Labute approximate surface area is 213 Å². The summed E-state index contributed by atoms with van der Waals surface area (Å²) >= 11 is 0. The van der Waals surface area contributed by atoms with Crippen LogP contribution in [0.15, 0.2) is 67.3 Å². The van der Waals surface area contributed by atoms with Gasteiger partial charge < -0.3 is 25.4 Å². The molecule has 0 aromatic heterocycles. The number of nitrogens with one attached hydrogen (secondary N) is 2. The second-order valence-electron chi connectivity index (χ2n) is 9.83. The van der Waals surface area contributed by atoms with Crippen molar-refractivity contribution in [3.63, 3.8) is 0 Å². The molecule has 2 aromatic carbocycles. The van der Waals surface area contributed by atoms with Crippen LogP contribution in [0, 0.1) is 0 Å². The Morgan fingerprint density at radius 3 is 2.17 bits per heavy atom. The van der Waals surface area contributed by atoms with Gasteiger partial charge in [-0.25, -0.2) is 4.79 Å². The van der Waals surface area contributed by atoms with E-state index >= 15 is 0 Å². The number of ether oxygens (including phenoxy) is 1. The van der Waals surface area contributed by atoms with Crippen LogP contribution >= 0.6 is 0 Å². The first kappa shape index (κ1) is 28.4. The van der Waals surface area contributed by atoms with Crippen LogP contribution in [0.3, 0.4) is 0 Å². The lowest BCUT2D eigenvalue weighted by molar-refractivity contribution is -0.142. The SMILES string of the molecule is C=CCN(C(=O)C(Cc1ccc(O)cc1)NC(=O)OC(C)(C)C)C(C(=O)NC(C)C)c1ccccc1. The monoisotopic (exact) mass is 495 g/mol. The van der Waals surface area contributed by atoms with E-state index in [1.54, 1.807) is 63.2 Å². The molecule has 2 aromatic rings. The smallest absolute Gasteiger partial charge is 0.408 e. The molecule has 0 spiro atoms. The van der Waals surface area contributed by atoms with Gasteiger partial charge in [-0.3, -0.25) is 9.59 Å². The Hall–Kier alpha value is -3.81. The largest absolute Gasteiger partial charge is 0.508 e. The molecular formula is C28H37N3O5. The molecule has 3 N–H and O–H groups in total. The fourth-order valence-corrected chi connectivity index (χ4v) is 3.65. The number of nitrogens with zero attached hydrogens (tertiary/aromatic N) is 1. The number of carbonyl (C=O) groups excluding carboxylic acids is 3. The first-order chi connectivity index (χ1) is 16.9. The minimum Gasteiger partial charge on any atom is -0.508 e. The number of alkyl carbamates (subject to hydrolysis) is 1. The van der Waals surface area contributed by atoms with Gasteiger partial charge in [0.05, 0.1) is 0 Å². The molecule has 194 valence electrons. The van der Waals surface area contributed by atoms with Crippen LogP contribution in [0.2, 0.25) is 0 Å². The Kier molecular flexibility index (Phi) is 10.1. The van der Waals surface area contributed by atoms with E-state index in [1.165, 1.54) is 17.0 Å². The third-order valence-corrected chi connectivity index (χ3v) is 5.08. The highest BCUT2D eigenvalue weighted by atomic mass is 16.6. The predicted octanol–water partition coefficient (Wildman–Crippen LogP) is 4.11. The molecule has 36 heavy (non-hydrogen) atoms. The lowest BCUT2D eigenvalue weighted by Crippen LogP contribution is -2.54. The predicted molar refractivity (Wildman–Crippen MR) is 139 cm³/mol. The number of hydrogen-bond donors (Lipinski definition) is 3. The van der Waals surface area contributed by atoms with E-state index in [4.69, 9.17) is 4.74 Å². The highest BCUT2D eigenvalue weighted by molar-refractivity contribution is 5.92. The van der Waals surface area contributed by atoms with E-state index in [9.17, 15) is 19.5 Å². The first-order valence-electron chi connectivity index (χ1n) is 12.0. The van der Waals surface area contributed by atoms with Gasteiger partial charge in [0, 0.05) is 19.0 Å². The maximum absolute atomic E-state index is 14.0. The van der Waals surface area contributed by atoms with Gasteiger partial charge in [-0.1, -0.05) is 48.5 Å². The zero-order valence-electron chi connectivity index (χ0n) is 21.7. The molecule has 2 unspecified atom stereocenters. The van der Waals surface area contributed by atoms with Crippen molar-refractivity contribution in [3.05, 3.63) is 78.4 Å². The van der Waals surface area contributed by atoms with Crippen molar-refractivity contribution < 1.29 is 24.2 Å². The van der Waals surface area contributed by atoms with E-state index in [0.29, 0.717) is 11.1 Å². The van der Waals surface area contributed by atoms with E-state index in [0.717, 1.165) is 0 Å². The number of amides is 3. The summed E-state index contributed by atoms with van der Waals surface area (Å²) in [4.78, 5) is 41.4. The van der Waals surface area contributed by atoms with Gasteiger partial charge in [-0.05, 0) is 57.9 Å². The van der Waals surface area contributed by atoms with Crippen molar-refractivity contribution in [2.24, 2.45) is 0 Å². The number of carbonyl (C=O) groups is 3. The maximum atomic E-state index is 14.0. The molecule has 0 aliphatic heterocycles. The normalized spacial score (nSPS) is 12.8. The topological polar surface area (TPSA) is 108 Å². The second-order valence-corrected chi connectivity index (χ2v) is 9.83. The molecule has 0 radical (unpaired) electrons. The van der Waals surface area contributed by atoms with Gasteiger partial charge in [0.2, 0.25) is 11.8 Å². The molecule has 3 amide bonds. The highest BCUT2D eigenvalue weighted by Gasteiger charge is 2.36. The average Bonchev–Trinajstić information content (AvgIpc) is 2.78. The molecule has 2 rings (SSSR count). The summed E-state index contributed by atoms with van der Waals surface area (Å²) < 4.78 is 5.40. The molecule has 0 aliphatic rings. The Bertz CT molecular complexity index is 1030. The maximum Gasteiger partial charge on any atom is 0.408 e. The Balaban J connectivity index is 2.48. The second kappa shape index (κ2) is 12.8. The summed E-state index contributed by atoms with van der Waals surface area (Å²) in [6, 6.07) is 13.2. The third-order valence-electron chi connectivity index (χ3n) is 5.08. The van der Waals surface area contributed by atoms with Gasteiger partial charge in [-0.15, -0.1) is 6.58 Å². The summed E-state index contributed by atoms with van der Waals surface area (Å²) in [7, 11) is 0. The number of phenolic OH excluding ortho intramolecular Hbond substituents is 1. The van der Waals surface area contributed by atoms with Crippen LogP contribution in [0.5, 0.6) is 5.75 Å². The molecule has 0 aliphatic carbocycles. The van der Waals surface area contributed by atoms with Crippen molar-refractivity contribution in [2.75, 3.05) is 6.54 Å². The number of benzene rings is 2. The van der Waals surface area contributed by atoms with Crippen LogP contribution in [0.25, 0.3) is 0 Å². The summed E-state index contributed by atoms with van der Waals surface area (Å²) in [5.74, 6) is -0.724. The highest BCUT2D eigenvalue weighted by Crippen LogP contribution is 2.24. The lowest BCUT2D eigenvalue weighted by atomic mass is 10.00. The number of hydrogen-bond acceptors (Lipinski definition) is 5. The minimum atomic E-state index is -1.04. The van der Waals surface area contributed by atoms with Gasteiger partial charge >= 0.3 is 6.09 Å². The zero-order valence-corrected chi connectivity index (χ0v) is 21.7. The molecule has 0 saturated carbocycles. The molecule has 2 atom stereocenters. The van der Waals surface area contributed by atoms with Crippen LogP contribution in [0.1, 0.15) is 51.8 Å². The van der Waals surface area contributed by atoms with Crippen molar-refractivity contribution in [1.82, 2.24) is 15.5 Å². The fourth-order valence-electron chi connectivity index (χ4n) is 3.65. The van der Waals surface area contributed by atoms with Crippen molar-refractivity contribution in [1.29, 1.82) is 0 Å².